The number of halogens is 1. The van der Waals surface area contributed by atoms with Crippen LogP contribution in [0.5, 0.6) is 0 Å². The quantitative estimate of drug-likeness (QED) is 0.668. The van der Waals surface area contributed by atoms with Gasteiger partial charge in [0.25, 0.3) is 5.91 Å². The van der Waals surface area contributed by atoms with E-state index in [9.17, 15) is 14.0 Å². The second-order valence-electron chi connectivity index (χ2n) is 5.33. The molecule has 0 atom stereocenters. The molecular weight excluding hydrogens is 285 g/mol. The number of carbonyl (C=O) groups excluding carboxylic acids is 2. The van der Waals surface area contributed by atoms with E-state index in [0.717, 1.165) is 12.8 Å². The summed E-state index contributed by atoms with van der Waals surface area (Å²) in [4.78, 5) is 24.0. The summed E-state index contributed by atoms with van der Waals surface area (Å²) in [5, 5.41) is 2.42. The molecule has 2 rings (SSSR count). The molecule has 1 aliphatic carbocycles. The number of nitrogens with one attached hydrogen (secondary N) is 1. The first-order chi connectivity index (χ1) is 10.6. The molecule has 0 spiro atoms. The minimum absolute atomic E-state index is 0.0782. The number of hydrogen-bond acceptors (Lipinski definition) is 3. The van der Waals surface area contributed by atoms with Gasteiger partial charge < -0.3 is 10.1 Å². The summed E-state index contributed by atoms with van der Waals surface area (Å²) in [6, 6.07) is 6.23. The summed E-state index contributed by atoms with van der Waals surface area (Å²) < 4.78 is 19.2. The van der Waals surface area contributed by atoms with Crippen molar-refractivity contribution in [1.82, 2.24) is 5.32 Å². The first-order valence-corrected chi connectivity index (χ1v) is 7.22. The van der Waals surface area contributed by atoms with Crippen LogP contribution in [0.2, 0.25) is 0 Å². The minimum Gasteiger partial charge on any atom is -0.455 e. The number of benzene rings is 1. The van der Waals surface area contributed by atoms with Crippen LogP contribution in [-0.2, 0) is 19.7 Å². The Kier molecular flexibility index (Phi) is 5.16. The summed E-state index contributed by atoms with van der Waals surface area (Å²) in [5.74, 6) is 0.827. The number of terminal acetylenes is 1. The molecule has 116 valence electrons. The van der Waals surface area contributed by atoms with E-state index in [-0.39, 0.29) is 6.54 Å². The zero-order valence-electron chi connectivity index (χ0n) is 12.2. The second-order valence-corrected chi connectivity index (χ2v) is 5.33. The number of hydrogen-bond donors (Lipinski definition) is 1. The summed E-state index contributed by atoms with van der Waals surface area (Å²) in [7, 11) is 0. The van der Waals surface area contributed by atoms with Crippen molar-refractivity contribution in [2.75, 3.05) is 13.2 Å². The Morgan fingerprint density at radius 2 is 2.00 bits per heavy atom. The van der Waals surface area contributed by atoms with E-state index in [4.69, 9.17) is 11.2 Å². The maximum absolute atomic E-state index is 14.1. The average molecular weight is 303 g/mol. The van der Waals surface area contributed by atoms with Gasteiger partial charge in [-0.25, -0.2) is 4.39 Å². The van der Waals surface area contributed by atoms with Crippen LogP contribution in [0.4, 0.5) is 4.39 Å². The average Bonchev–Trinajstić information content (AvgIpc) is 3.01. The largest absolute Gasteiger partial charge is 0.455 e. The molecule has 1 aromatic carbocycles. The normalized spacial score (nSPS) is 15.8. The molecule has 0 aromatic heterocycles. The van der Waals surface area contributed by atoms with E-state index < -0.39 is 29.7 Å². The van der Waals surface area contributed by atoms with Gasteiger partial charge in [0.15, 0.2) is 6.61 Å². The molecule has 1 amide bonds. The van der Waals surface area contributed by atoms with Gasteiger partial charge in [0.2, 0.25) is 0 Å². The van der Waals surface area contributed by atoms with E-state index >= 15 is 0 Å². The summed E-state index contributed by atoms with van der Waals surface area (Å²) >= 11 is 0. The van der Waals surface area contributed by atoms with Crippen molar-refractivity contribution in [3.8, 4) is 12.3 Å². The van der Waals surface area contributed by atoms with E-state index in [1.807, 2.05) is 0 Å². The zero-order chi connectivity index (χ0) is 16.0. The van der Waals surface area contributed by atoms with Gasteiger partial charge in [-0.1, -0.05) is 37.0 Å². The van der Waals surface area contributed by atoms with Crippen LogP contribution in [0.15, 0.2) is 24.3 Å². The third kappa shape index (κ3) is 3.28. The predicted molar refractivity (Wildman–Crippen MR) is 79.3 cm³/mol. The van der Waals surface area contributed by atoms with Crippen molar-refractivity contribution in [2.24, 2.45) is 0 Å². The highest BCUT2D eigenvalue weighted by molar-refractivity contribution is 5.86. The lowest BCUT2D eigenvalue weighted by molar-refractivity contribution is -0.154. The Balaban J connectivity index is 2.12. The number of carbonyl (C=O) groups is 2. The molecule has 4 nitrogen and oxygen atoms in total. The maximum atomic E-state index is 14.1. The fraction of sp³-hybridized carbons (Fsp3) is 0.412. The maximum Gasteiger partial charge on any atom is 0.317 e. The second kappa shape index (κ2) is 7.08. The monoisotopic (exact) mass is 303 g/mol. The molecule has 0 radical (unpaired) electrons. The number of amides is 1. The summed E-state index contributed by atoms with van der Waals surface area (Å²) in [5.41, 5.74) is -0.640. The van der Waals surface area contributed by atoms with Crippen LogP contribution in [0.25, 0.3) is 0 Å². The van der Waals surface area contributed by atoms with E-state index in [1.165, 1.54) is 6.07 Å². The molecule has 0 unspecified atom stereocenters. The fourth-order valence-corrected chi connectivity index (χ4v) is 2.88. The molecule has 1 N–H and O–H groups in total. The molecule has 1 aromatic rings. The molecule has 5 heteroatoms. The Labute approximate surface area is 129 Å². The van der Waals surface area contributed by atoms with Crippen molar-refractivity contribution in [3.05, 3.63) is 35.6 Å². The lowest BCUT2D eigenvalue weighted by Gasteiger charge is -2.27. The van der Waals surface area contributed by atoms with Crippen molar-refractivity contribution in [3.63, 3.8) is 0 Å². The van der Waals surface area contributed by atoms with Gasteiger partial charge in [-0.05, 0) is 18.9 Å². The van der Waals surface area contributed by atoms with E-state index in [2.05, 4.69) is 11.2 Å². The minimum atomic E-state index is -0.988. The Morgan fingerprint density at radius 1 is 1.32 bits per heavy atom. The van der Waals surface area contributed by atoms with Gasteiger partial charge in [0.1, 0.15) is 5.82 Å². The lowest BCUT2D eigenvalue weighted by Crippen LogP contribution is -2.38. The first kappa shape index (κ1) is 16.0. The van der Waals surface area contributed by atoms with Crippen LogP contribution in [-0.4, -0.2) is 25.0 Å². The van der Waals surface area contributed by atoms with Crippen LogP contribution in [0.1, 0.15) is 31.2 Å². The zero-order valence-corrected chi connectivity index (χ0v) is 12.2. The highest BCUT2D eigenvalue weighted by atomic mass is 19.1. The van der Waals surface area contributed by atoms with Gasteiger partial charge in [0.05, 0.1) is 12.0 Å². The first-order valence-electron chi connectivity index (χ1n) is 7.22. The number of ether oxygens (including phenoxy) is 1. The van der Waals surface area contributed by atoms with Gasteiger partial charge >= 0.3 is 5.97 Å². The third-order valence-electron chi connectivity index (χ3n) is 3.96. The topological polar surface area (TPSA) is 55.4 Å². The molecule has 0 saturated heterocycles. The van der Waals surface area contributed by atoms with Crippen LogP contribution in [0, 0.1) is 18.2 Å². The van der Waals surface area contributed by atoms with Crippen molar-refractivity contribution in [2.45, 2.75) is 31.1 Å². The van der Waals surface area contributed by atoms with Crippen molar-refractivity contribution in [1.29, 1.82) is 0 Å². The molecule has 22 heavy (non-hydrogen) atoms. The smallest absolute Gasteiger partial charge is 0.317 e. The SMILES string of the molecule is C#CCNC(=O)COC(=O)C1(c2ccccc2F)CCCC1. The van der Waals surface area contributed by atoms with Crippen molar-refractivity contribution >= 4 is 11.9 Å². The summed E-state index contributed by atoms with van der Waals surface area (Å²) in [6.45, 7) is -0.328. The molecule has 0 aliphatic heterocycles. The van der Waals surface area contributed by atoms with Gasteiger partial charge in [-0.15, -0.1) is 6.42 Å². The predicted octanol–water partition coefficient (Wildman–Crippen LogP) is 1.93. The Hall–Kier alpha value is -2.35. The highest BCUT2D eigenvalue weighted by Crippen LogP contribution is 2.43. The molecule has 0 heterocycles. The lowest BCUT2D eigenvalue weighted by atomic mass is 9.78. The third-order valence-corrected chi connectivity index (χ3v) is 3.96. The fourth-order valence-electron chi connectivity index (χ4n) is 2.88. The molecule has 0 bridgehead atoms. The van der Waals surface area contributed by atoms with Gasteiger partial charge in [-0.2, -0.15) is 0 Å². The molecular formula is C17H18FNO3. The standard InChI is InChI=1S/C17H18FNO3/c1-2-11-19-15(20)12-22-16(21)17(9-5-6-10-17)13-7-3-4-8-14(13)18/h1,3-4,7-8H,5-6,9-12H2,(H,19,20). The van der Waals surface area contributed by atoms with E-state index in [1.54, 1.807) is 18.2 Å². The van der Waals surface area contributed by atoms with Gasteiger partial charge in [-0.3, -0.25) is 9.59 Å². The van der Waals surface area contributed by atoms with E-state index in [0.29, 0.717) is 18.4 Å². The van der Waals surface area contributed by atoms with Crippen molar-refractivity contribution < 1.29 is 18.7 Å². The molecule has 1 saturated carbocycles. The van der Waals surface area contributed by atoms with Gasteiger partial charge in [0, 0.05) is 5.56 Å². The molecule has 1 fully saturated rings. The van der Waals surface area contributed by atoms with Crippen LogP contribution in [0.3, 0.4) is 0 Å². The number of rotatable bonds is 5. The molecule has 1 aliphatic rings. The Bertz CT molecular complexity index is 600. The van der Waals surface area contributed by atoms with Crippen LogP contribution >= 0.6 is 0 Å². The number of esters is 1. The highest BCUT2D eigenvalue weighted by Gasteiger charge is 2.45. The van der Waals surface area contributed by atoms with Crippen LogP contribution < -0.4 is 5.32 Å². The summed E-state index contributed by atoms with van der Waals surface area (Å²) in [6.07, 6.45) is 7.74. The Morgan fingerprint density at radius 3 is 2.64 bits per heavy atom.